The van der Waals surface area contributed by atoms with E-state index in [0.717, 1.165) is 12.8 Å². The second kappa shape index (κ2) is 9.12. The molecule has 136 valence electrons. The van der Waals surface area contributed by atoms with Crippen molar-refractivity contribution in [3.05, 3.63) is 32.6 Å². The second-order valence-corrected chi connectivity index (χ2v) is 5.90. The molecule has 3 atom stereocenters. The molecular formula is C16H26N2O6. The van der Waals surface area contributed by atoms with Crippen LogP contribution in [-0.4, -0.2) is 53.3 Å². The summed E-state index contributed by atoms with van der Waals surface area (Å²) in [6.45, 7) is 5.11. The summed E-state index contributed by atoms with van der Waals surface area (Å²) in [5, 5.41) is 9.46. The maximum atomic E-state index is 11.9. The Labute approximate surface area is 140 Å². The number of aliphatic hydroxyl groups is 1. The van der Waals surface area contributed by atoms with E-state index in [9.17, 15) is 14.7 Å². The number of hydrogen-bond donors (Lipinski definition) is 2. The van der Waals surface area contributed by atoms with Gasteiger partial charge in [0.15, 0.2) is 0 Å². The van der Waals surface area contributed by atoms with Crippen LogP contribution in [0.3, 0.4) is 0 Å². The number of aromatic nitrogens is 2. The third-order valence-electron chi connectivity index (χ3n) is 4.02. The monoisotopic (exact) mass is 342 g/mol. The van der Waals surface area contributed by atoms with Gasteiger partial charge in [0.2, 0.25) is 0 Å². The second-order valence-electron chi connectivity index (χ2n) is 5.90. The topological polar surface area (TPSA) is 103 Å². The highest BCUT2D eigenvalue weighted by molar-refractivity contribution is 5.02. The highest BCUT2D eigenvalue weighted by Gasteiger charge is 2.37. The summed E-state index contributed by atoms with van der Waals surface area (Å²) >= 11 is 0. The van der Waals surface area contributed by atoms with Crippen LogP contribution in [-0.2, 0) is 14.2 Å². The first-order valence-corrected chi connectivity index (χ1v) is 8.34. The van der Waals surface area contributed by atoms with E-state index in [2.05, 4.69) is 11.9 Å². The molecule has 0 saturated carbocycles. The van der Waals surface area contributed by atoms with Crippen LogP contribution in [0, 0.1) is 6.92 Å². The van der Waals surface area contributed by atoms with Gasteiger partial charge >= 0.3 is 5.69 Å². The van der Waals surface area contributed by atoms with E-state index in [0.29, 0.717) is 31.8 Å². The molecule has 1 saturated heterocycles. The minimum Gasteiger partial charge on any atom is -0.394 e. The lowest BCUT2D eigenvalue weighted by molar-refractivity contribution is -0.0698. The predicted molar refractivity (Wildman–Crippen MR) is 87.1 cm³/mol. The highest BCUT2D eigenvalue weighted by atomic mass is 16.6. The quantitative estimate of drug-likeness (QED) is 0.627. The van der Waals surface area contributed by atoms with E-state index in [-0.39, 0.29) is 12.7 Å². The summed E-state index contributed by atoms with van der Waals surface area (Å²) < 4.78 is 18.2. The molecule has 0 aromatic carbocycles. The number of aromatic amines is 1. The number of ether oxygens (including phenoxy) is 3. The first-order chi connectivity index (χ1) is 11.6. The van der Waals surface area contributed by atoms with Crippen molar-refractivity contribution in [2.45, 2.75) is 51.5 Å². The van der Waals surface area contributed by atoms with Crippen molar-refractivity contribution in [1.29, 1.82) is 0 Å². The van der Waals surface area contributed by atoms with Crippen LogP contribution in [0.15, 0.2) is 15.8 Å². The van der Waals surface area contributed by atoms with Gasteiger partial charge in [-0.1, -0.05) is 13.3 Å². The normalized spacial score (nSPS) is 23.7. The lowest BCUT2D eigenvalue weighted by atomic mass is 10.2. The first kappa shape index (κ1) is 18.9. The zero-order valence-corrected chi connectivity index (χ0v) is 14.2. The molecule has 0 bridgehead atoms. The first-order valence-electron chi connectivity index (χ1n) is 8.34. The summed E-state index contributed by atoms with van der Waals surface area (Å²) in [6, 6.07) is 0. The van der Waals surface area contributed by atoms with Gasteiger partial charge in [0.1, 0.15) is 12.3 Å². The van der Waals surface area contributed by atoms with Crippen molar-refractivity contribution in [1.82, 2.24) is 9.55 Å². The number of aliphatic hydroxyl groups excluding tert-OH is 1. The zero-order chi connectivity index (χ0) is 17.5. The molecule has 2 rings (SSSR count). The lowest BCUT2D eigenvalue weighted by Gasteiger charge is -2.16. The SMILES string of the molecule is CCCCOCCOC1C[C@H](n2cc(C)c(=O)[nH]c2=O)O[C@@H]1CO. The van der Waals surface area contributed by atoms with Gasteiger partial charge in [-0.05, 0) is 13.3 Å². The van der Waals surface area contributed by atoms with Gasteiger partial charge < -0.3 is 19.3 Å². The summed E-state index contributed by atoms with van der Waals surface area (Å²) in [6.07, 6.45) is 2.58. The van der Waals surface area contributed by atoms with Crippen molar-refractivity contribution in [3.63, 3.8) is 0 Å². The Bertz CT molecular complexity index is 626. The lowest BCUT2D eigenvalue weighted by Crippen LogP contribution is -2.33. The number of nitrogens with zero attached hydrogens (tertiary/aromatic N) is 1. The molecular weight excluding hydrogens is 316 g/mol. The molecule has 0 radical (unpaired) electrons. The van der Waals surface area contributed by atoms with E-state index in [1.807, 2.05) is 0 Å². The zero-order valence-electron chi connectivity index (χ0n) is 14.2. The van der Waals surface area contributed by atoms with Crippen molar-refractivity contribution < 1.29 is 19.3 Å². The number of hydrogen-bond acceptors (Lipinski definition) is 6. The molecule has 0 amide bonds. The van der Waals surface area contributed by atoms with Crippen LogP contribution in [0.25, 0.3) is 0 Å². The Morgan fingerprint density at radius 2 is 2.17 bits per heavy atom. The van der Waals surface area contributed by atoms with Crippen LogP contribution in [0.2, 0.25) is 0 Å². The summed E-state index contributed by atoms with van der Waals surface area (Å²) in [5.41, 5.74) is -0.520. The summed E-state index contributed by atoms with van der Waals surface area (Å²) in [4.78, 5) is 25.7. The fraction of sp³-hybridized carbons (Fsp3) is 0.750. The van der Waals surface area contributed by atoms with Crippen LogP contribution in [0.1, 0.15) is 38.0 Å². The third-order valence-corrected chi connectivity index (χ3v) is 4.02. The van der Waals surface area contributed by atoms with E-state index >= 15 is 0 Å². The van der Waals surface area contributed by atoms with Crippen LogP contribution in [0.4, 0.5) is 0 Å². The smallest absolute Gasteiger partial charge is 0.330 e. The van der Waals surface area contributed by atoms with E-state index < -0.39 is 23.6 Å². The number of unbranched alkanes of at least 4 members (excludes halogenated alkanes) is 1. The summed E-state index contributed by atoms with van der Waals surface area (Å²) in [7, 11) is 0. The minimum atomic E-state index is -0.573. The molecule has 8 heteroatoms. The van der Waals surface area contributed by atoms with E-state index in [1.54, 1.807) is 6.92 Å². The molecule has 0 aliphatic carbocycles. The molecule has 1 unspecified atom stereocenters. The predicted octanol–water partition coefficient (Wildman–Crippen LogP) is 0.327. The Hall–Kier alpha value is -1.48. The molecule has 1 aromatic rings. The molecule has 1 aromatic heterocycles. The van der Waals surface area contributed by atoms with Crippen LogP contribution in [0.5, 0.6) is 0 Å². The maximum Gasteiger partial charge on any atom is 0.330 e. The number of rotatable bonds is 9. The Kier molecular flexibility index (Phi) is 7.16. The van der Waals surface area contributed by atoms with Crippen molar-refractivity contribution in [3.8, 4) is 0 Å². The molecule has 8 nitrogen and oxygen atoms in total. The molecule has 0 spiro atoms. The average molecular weight is 342 g/mol. The fourth-order valence-electron chi connectivity index (χ4n) is 2.62. The van der Waals surface area contributed by atoms with Crippen LogP contribution >= 0.6 is 0 Å². The van der Waals surface area contributed by atoms with Gasteiger partial charge in [-0.2, -0.15) is 0 Å². The Morgan fingerprint density at radius 1 is 1.38 bits per heavy atom. The van der Waals surface area contributed by atoms with Gasteiger partial charge in [-0.25, -0.2) is 4.79 Å². The van der Waals surface area contributed by atoms with Gasteiger partial charge in [0.05, 0.1) is 25.9 Å². The Balaban J connectivity index is 1.93. The molecule has 2 N–H and O–H groups in total. The molecule has 1 aliphatic heterocycles. The number of aryl methyl sites for hydroxylation is 1. The highest BCUT2D eigenvalue weighted by Crippen LogP contribution is 2.29. The maximum absolute atomic E-state index is 11.9. The fourth-order valence-corrected chi connectivity index (χ4v) is 2.62. The molecule has 1 aliphatic rings. The van der Waals surface area contributed by atoms with E-state index in [4.69, 9.17) is 14.2 Å². The minimum absolute atomic E-state index is 0.199. The number of nitrogens with one attached hydrogen (secondary N) is 1. The largest absolute Gasteiger partial charge is 0.394 e. The molecule has 1 fully saturated rings. The van der Waals surface area contributed by atoms with Crippen molar-refractivity contribution in [2.24, 2.45) is 0 Å². The van der Waals surface area contributed by atoms with Gasteiger partial charge in [0.25, 0.3) is 5.56 Å². The van der Waals surface area contributed by atoms with Crippen LogP contribution < -0.4 is 11.2 Å². The van der Waals surface area contributed by atoms with E-state index in [1.165, 1.54) is 10.8 Å². The van der Waals surface area contributed by atoms with Gasteiger partial charge in [-0.3, -0.25) is 14.3 Å². The standard InChI is InChI=1S/C16H26N2O6/c1-3-4-5-22-6-7-23-12-8-14(24-13(12)10-19)18-9-11(2)15(20)17-16(18)21/h9,12-14,19H,3-8,10H2,1-2H3,(H,17,20,21)/t12?,13-,14-/m1/s1. The van der Waals surface area contributed by atoms with Crippen molar-refractivity contribution >= 4 is 0 Å². The van der Waals surface area contributed by atoms with Gasteiger partial charge in [0, 0.05) is 24.8 Å². The van der Waals surface area contributed by atoms with Gasteiger partial charge in [-0.15, -0.1) is 0 Å². The Morgan fingerprint density at radius 3 is 2.88 bits per heavy atom. The number of H-pyrrole nitrogens is 1. The van der Waals surface area contributed by atoms with Crippen molar-refractivity contribution in [2.75, 3.05) is 26.4 Å². The third kappa shape index (κ3) is 4.76. The average Bonchev–Trinajstić information content (AvgIpc) is 2.97. The molecule has 24 heavy (non-hydrogen) atoms. The molecule has 2 heterocycles. The summed E-state index contributed by atoms with van der Waals surface area (Å²) in [5.74, 6) is 0.